The van der Waals surface area contributed by atoms with Gasteiger partial charge >= 0.3 is 0 Å². The van der Waals surface area contributed by atoms with Crippen LogP contribution in [0, 0.1) is 11.3 Å². The van der Waals surface area contributed by atoms with Crippen LogP contribution < -0.4 is 25.7 Å². The molecule has 1 aromatic heterocycles. The van der Waals surface area contributed by atoms with Crippen LogP contribution in [0.3, 0.4) is 0 Å². The van der Waals surface area contributed by atoms with Gasteiger partial charge in [0, 0.05) is 5.56 Å². The average molecular weight is 377 g/mol. The highest BCUT2D eigenvalue weighted by molar-refractivity contribution is 5.74. The van der Waals surface area contributed by atoms with Crippen molar-refractivity contribution in [3.8, 4) is 34.6 Å². The fraction of sp³-hybridized carbons (Fsp3) is 0.150. The predicted molar refractivity (Wildman–Crippen MR) is 105 cm³/mol. The van der Waals surface area contributed by atoms with Crippen LogP contribution in [0.25, 0.3) is 11.3 Å². The molecule has 0 aliphatic carbocycles. The number of hydrogen-bond acceptors (Lipinski definition) is 8. The molecule has 0 amide bonds. The molecule has 0 saturated heterocycles. The quantitative estimate of drug-likeness (QED) is 0.671. The SMILES string of the molecule is COc1ccc(COc2ccc(-c3nc(N)nc(N)c3C#N)cc2OC)cc1. The molecule has 0 aliphatic heterocycles. The number of nitrogens with zero attached hydrogens (tertiary/aromatic N) is 3. The number of anilines is 2. The zero-order valence-electron chi connectivity index (χ0n) is 15.5. The van der Waals surface area contributed by atoms with Gasteiger partial charge in [0.15, 0.2) is 11.5 Å². The molecule has 0 radical (unpaired) electrons. The third kappa shape index (κ3) is 3.88. The van der Waals surface area contributed by atoms with Gasteiger partial charge in [0.25, 0.3) is 0 Å². The molecule has 0 saturated carbocycles. The topological polar surface area (TPSA) is 129 Å². The van der Waals surface area contributed by atoms with E-state index in [9.17, 15) is 5.26 Å². The molecule has 1 heterocycles. The second-order valence-corrected chi connectivity index (χ2v) is 5.80. The second-order valence-electron chi connectivity index (χ2n) is 5.80. The Morgan fingerprint density at radius 2 is 1.71 bits per heavy atom. The van der Waals surface area contributed by atoms with Crippen LogP contribution in [0.15, 0.2) is 42.5 Å². The van der Waals surface area contributed by atoms with Crippen LogP contribution in [-0.4, -0.2) is 24.2 Å². The third-order valence-electron chi connectivity index (χ3n) is 4.06. The summed E-state index contributed by atoms with van der Waals surface area (Å²) < 4.78 is 16.4. The maximum atomic E-state index is 9.36. The van der Waals surface area contributed by atoms with Crippen molar-refractivity contribution in [1.82, 2.24) is 9.97 Å². The highest BCUT2D eigenvalue weighted by atomic mass is 16.5. The van der Waals surface area contributed by atoms with Gasteiger partial charge in [-0.15, -0.1) is 0 Å². The molecule has 8 nitrogen and oxygen atoms in total. The zero-order valence-corrected chi connectivity index (χ0v) is 15.5. The van der Waals surface area contributed by atoms with Gasteiger partial charge < -0.3 is 25.7 Å². The second kappa shape index (κ2) is 8.14. The summed E-state index contributed by atoms with van der Waals surface area (Å²) in [6.45, 7) is 0.358. The smallest absolute Gasteiger partial charge is 0.222 e. The van der Waals surface area contributed by atoms with E-state index in [1.54, 1.807) is 25.3 Å². The Bertz CT molecular complexity index is 1030. The summed E-state index contributed by atoms with van der Waals surface area (Å²) in [5.74, 6) is 1.85. The molecule has 0 aliphatic rings. The standard InChI is InChI=1S/C20H19N5O3/c1-26-14-6-3-12(4-7-14)11-28-16-8-5-13(9-17(16)27-2)18-15(10-21)19(22)25-20(23)24-18/h3-9H,11H2,1-2H3,(H4,22,23,24,25). The highest BCUT2D eigenvalue weighted by Crippen LogP contribution is 2.34. The van der Waals surface area contributed by atoms with Gasteiger partial charge in [0.1, 0.15) is 29.8 Å². The Kier molecular flexibility index (Phi) is 5.46. The summed E-state index contributed by atoms with van der Waals surface area (Å²) >= 11 is 0. The molecule has 142 valence electrons. The van der Waals surface area contributed by atoms with E-state index >= 15 is 0 Å². The van der Waals surface area contributed by atoms with E-state index in [0.29, 0.717) is 29.4 Å². The van der Waals surface area contributed by atoms with E-state index in [4.69, 9.17) is 25.7 Å². The van der Waals surface area contributed by atoms with Gasteiger partial charge in [0.2, 0.25) is 5.95 Å². The normalized spacial score (nSPS) is 10.2. The largest absolute Gasteiger partial charge is 0.497 e. The minimum Gasteiger partial charge on any atom is -0.497 e. The van der Waals surface area contributed by atoms with E-state index in [-0.39, 0.29) is 17.3 Å². The highest BCUT2D eigenvalue weighted by Gasteiger charge is 2.15. The van der Waals surface area contributed by atoms with Crippen LogP contribution in [0.4, 0.5) is 11.8 Å². The number of nitrogens with two attached hydrogens (primary N) is 2. The third-order valence-corrected chi connectivity index (χ3v) is 4.06. The number of rotatable bonds is 6. The fourth-order valence-electron chi connectivity index (χ4n) is 2.63. The maximum Gasteiger partial charge on any atom is 0.222 e. The number of aromatic nitrogens is 2. The van der Waals surface area contributed by atoms with Crippen molar-refractivity contribution in [2.75, 3.05) is 25.7 Å². The first-order valence-electron chi connectivity index (χ1n) is 8.33. The first kappa shape index (κ1) is 18.8. The van der Waals surface area contributed by atoms with Gasteiger partial charge in [-0.05, 0) is 35.9 Å². The van der Waals surface area contributed by atoms with Gasteiger partial charge in [-0.3, -0.25) is 0 Å². The lowest BCUT2D eigenvalue weighted by Gasteiger charge is -2.13. The molecule has 0 unspecified atom stereocenters. The van der Waals surface area contributed by atoms with Crippen LogP contribution in [0.2, 0.25) is 0 Å². The molecular formula is C20H19N5O3. The number of nitriles is 1. The number of methoxy groups -OCH3 is 2. The number of ether oxygens (including phenoxy) is 3. The van der Waals surface area contributed by atoms with Crippen molar-refractivity contribution >= 4 is 11.8 Å². The molecule has 0 spiro atoms. The molecule has 0 bridgehead atoms. The molecule has 3 aromatic rings. The zero-order chi connectivity index (χ0) is 20.1. The minimum absolute atomic E-state index is 0.00898. The molecule has 8 heteroatoms. The molecular weight excluding hydrogens is 358 g/mol. The monoisotopic (exact) mass is 377 g/mol. The Balaban J connectivity index is 1.88. The van der Waals surface area contributed by atoms with Gasteiger partial charge in [-0.2, -0.15) is 10.2 Å². The minimum atomic E-state index is -0.00898. The average Bonchev–Trinajstić information content (AvgIpc) is 2.72. The van der Waals surface area contributed by atoms with E-state index in [0.717, 1.165) is 11.3 Å². The summed E-state index contributed by atoms with van der Waals surface area (Å²) in [7, 11) is 3.15. The van der Waals surface area contributed by atoms with E-state index in [1.807, 2.05) is 30.3 Å². The molecule has 3 rings (SSSR count). The van der Waals surface area contributed by atoms with E-state index < -0.39 is 0 Å². The van der Waals surface area contributed by atoms with Gasteiger partial charge in [0.05, 0.1) is 19.9 Å². The summed E-state index contributed by atoms with van der Waals surface area (Å²) in [6, 6.07) is 14.8. The van der Waals surface area contributed by atoms with Gasteiger partial charge in [-0.1, -0.05) is 12.1 Å². The molecule has 4 N–H and O–H groups in total. The summed E-state index contributed by atoms with van der Waals surface area (Å²) in [5, 5.41) is 9.36. The van der Waals surface area contributed by atoms with Crippen molar-refractivity contribution < 1.29 is 14.2 Å². The predicted octanol–water partition coefficient (Wildman–Crippen LogP) is 2.78. The number of nitrogen functional groups attached to an aromatic ring is 2. The molecule has 0 fully saturated rings. The molecule has 28 heavy (non-hydrogen) atoms. The van der Waals surface area contributed by atoms with Crippen LogP contribution in [-0.2, 0) is 6.61 Å². The van der Waals surface area contributed by atoms with Crippen molar-refractivity contribution in [3.63, 3.8) is 0 Å². The van der Waals surface area contributed by atoms with Crippen LogP contribution in [0.1, 0.15) is 11.1 Å². The van der Waals surface area contributed by atoms with Crippen molar-refractivity contribution in [2.24, 2.45) is 0 Å². The Hall–Kier alpha value is -3.99. The Labute approximate surface area is 162 Å². The summed E-state index contributed by atoms with van der Waals surface area (Å²) in [4.78, 5) is 7.97. The molecule has 0 atom stereocenters. The maximum absolute atomic E-state index is 9.36. The Morgan fingerprint density at radius 3 is 2.36 bits per heavy atom. The first-order valence-corrected chi connectivity index (χ1v) is 8.33. The fourth-order valence-corrected chi connectivity index (χ4v) is 2.63. The van der Waals surface area contributed by atoms with Gasteiger partial charge in [-0.25, -0.2) is 4.98 Å². The molecule has 2 aromatic carbocycles. The van der Waals surface area contributed by atoms with E-state index in [1.165, 1.54) is 7.11 Å². The Morgan fingerprint density at radius 1 is 0.964 bits per heavy atom. The first-order chi connectivity index (χ1) is 13.5. The summed E-state index contributed by atoms with van der Waals surface area (Å²) in [5.41, 5.74) is 13.6. The van der Waals surface area contributed by atoms with Crippen molar-refractivity contribution in [1.29, 1.82) is 5.26 Å². The lowest BCUT2D eigenvalue weighted by Crippen LogP contribution is -2.05. The van der Waals surface area contributed by atoms with E-state index in [2.05, 4.69) is 9.97 Å². The van der Waals surface area contributed by atoms with Crippen LogP contribution in [0.5, 0.6) is 17.2 Å². The number of hydrogen-bond donors (Lipinski definition) is 2. The number of benzene rings is 2. The lowest BCUT2D eigenvalue weighted by atomic mass is 10.1. The van der Waals surface area contributed by atoms with Crippen LogP contribution >= 0.6 is 0 Å². The van der Waals surface area contributed by atoms with Crippen molar-refractivity contribution in [3.05, 3.63) is 53.6 Å². The lowest BCUT2D eigenvalue weighted by molar-refractivity contribution is 0.284. The van der Waals surface area contributed by atoms with Crippen molar-refractivity contribution in [2.45, 2.75) is 6.61 Å². The summed E-state index contributed by atoms with van der Waals surface area (Å²) in [6.07, 6.45) is 0.